The second kappa shape index (κ2) is 7.66. The number of aromatic nitrogens is 2. The van der Waals surface area contributed by atoms with E-state index in [1.165, 1.54) is 16.9 Å². The smallest absolute Gasteiger partial charge is 0.257 e. The lowest BCUT2D eigenvalue weighted by atomic mass is 10.1. The number of nitrogens with zero attached hydrogens (tertiary/aromatic N) is 2. The number of nitrogens with one attached hydrogen (secondary N) is 1. The SMILES string of the molecule is CCSc1nnc(NC(=O)c2ccc(CSC)cc2)s1. The first-order chi connectivity index (χ1) is 9.72. The lowest BCUT2D eigenvalue weighted by molar-refractivity contribution is 0.102. The van der Waals surface area contributed by atoms with Gasteiger partial charge in [0, 0.05) is 11.3 Å². The van der Waals surface area contributed by atoms with E-state index in [1.54, 1.807) is 23.5 Å². The fourth-order valence-electron chi connectivity index (χ4n) is 1.53. The Balaban J connectivity index is 1.99. The summed E-state index contributed by atoms with van der Waals surface area (Å²) >= 11 is 4.77. The summed E-state index contributed by atoms with van der Waals surface area (Å²) < 4.78 is 0.873. The largest absolute Gasteiger partial charge is 0.296 e. The topological polar surface area (TPSA) is 54.9 Å². The van der Waals surface area contributed by atoms with Gasteiger partial charge in [-0.15, -0.1) is 10.2 Å². The summed E-state index contributed by atoms with van der Waals surface area (Å²) in [6.45, 7) is 2.06. The van der Waals surface area contributed by atoms with E-state index in [0.717, 1.165) is 15.8 Å². The van der Waals surface area contributed by atoms with Crippen molar-refractivity contribution in [1.82, 2.24) is 10.2 Å². The third-order valence-electron chi connectivity index (χ3n) is 2.42. The van der Waals surface area contributed by atoms with Crippen molar-refractivity contribution in [2.75, 3.05) is 17.3 Å². The molecule has 2 aromatic rings. The molecule has 0 fully saturated rings. The van der Waals surface area contributed by atoms with Gasteiger partial charge in [-0.3, -0.25) is 10.1 Å². The number of hydrogen-bond acceptors (Lipinski definition) is 6. The molecule has 0 aliphatic carbocycles. The van der Waals surface area contributed by atoms with Gasteiger partial charge in [-0.05, 0) is 29.7 Å². The van der Waals surface area contributed by atoms with Crippen molar-refractivity contribution in [1.29, 1.82) is 0 Å². The van der Waals surface area contributed by atoms with Crippen LogP contribution in [0.3, 0.4) is 0 Å². The first kappa shape index (κ1) is 15.3. The number of thioether (sulfide) groups is 2. The maximum atomic E-state index is 12.1. The second-order valence-corrected chi connectivity index (χ2v) is 7.24. The maximum absolute atomic E-state index is 12.1. The first-order valence-corrected chi connectivity index (χ1v) is 9.28. The Morgan fingerprint density at radius 1 is 1.30 bits per heavy atom. The molecule has 1 amide bonds. The highest BCUT2D eigenvalue weighted by molar-refractivity contribution is 8.01. The van der Waals surface area contributed by atoms with Gasteiger partial charge in [-0.1, -0.05) is 42.2 Å². The fourth-order valence-corrected chi connectivity index (χ4v) is 3.70. The van der Waals surface area contributed by atoms with Crippen molar-refractivity contribution in [2.24, 2.45) is 0 Å². The number of carbonyl (C=O) groups is 1. The molecule has 0 aliphatic heterocycles. The number of rotatable bonds is 6. The highest BCUT2D eigenvalue weighted by Gasteiger charge is 2.10. The quantitative estimate of drug-likeness (QED) is 0.647. The number of hydrogen-bond donors (Lipinski definition) is 1. The van der Waals surface area contributed by atoms with Gasteiger partial charge in [0.1, 0.15) is 0 Å². The molecule has 106 valence electrons. The van der Waals surface area contributed by atoms with Gasteiger partial charge in [-0.2, -0.15) is 11.8 Å². The molecule has 1 N–H and O–H groups in total. The van der Waals surface area contributed by atoms with E-state index in [0.29, 0.717) is 10.7 Å². The molecule has 20 heavy (non-hydrogen) atoms. The van der Waals surface area contributed by atoms with Crippen molar-refractivity contribution in [3.63, 3.8) is 0 Å². The van der Waals surface area contributed by atoms with Gasteiger partial charge in [0.15, 0.2) is 4.34 Å². The van der Waals surface area contributed by atoms with Crippen LogP contribution >= 0.6 is 34.9 Å². The van der Waals surface area contributed by atoms with E-state index >= 15 is 0 Å². The molecular weight excluding hydrogens is 310 g/mol. The number of amides is 1. The Hall–Kier alpha value is -1.05. The van der Waals surface area contributed by atoms with E-state index in [9.17, 15) is 4.79 Å². The van der Waals surface area contributed by atoms with E-state index in [1.807, 2.05) is 24.3 Å². The zero-order chi connectivity index (χ0) is 14.4. The standard InChI is InChI=1S/C13H15N3OS3/c1-3-19-13-16-15-12(20-13)14-11(17)10-6-4-9(5-7-10)8-18-2/h4-7H,3,8H2,1-2H3,(H,14,15,17). The van der Waals surface area contributed by atoms with Crippen molar-refractivity contribution in [3.05, 3.63) is 35.4 Å². The predicted molar refractivity (Wildman–Crippen MR) is 87.9 cm³/mol. The molecule has 0 bridgehead atoms. The van der Waals surface area contributed by atoms with Crippen molar-refractivity contribution in [2.45, 2.75) is 17.0 Å². The molecular formula is C13H15N3OS3. The zero-order valence-corrected chi connectivity index (χ0v) is 13.7. The minimum absolute atomic E-state index is 0.148. The Morgan fingerprint density at radius 3 is 2.70 bits per heavy atom. The summed E-state index contributed by atoms with van der Waals surface area (Å²) in [6, 6.07) is 7.63. The molecule has 2 rings (SSSR count). The van der Waals surface area contributed by atoms with Crippen LogP contribution in [0.5, 0.6) is 0 Å². The predicted octanol–water partition coefficient (Wildman–Crippen LogP) is 3.77. The third-order valence-corrected chi connectivity index (χ3v) is 4.90. The molecule has 7 heteroatoms. The number of benzene rings is 1. The summed E-state index contributed by atoms with van der Waals surface area (Å²) in [5.74, 6) is 1.75. The van der Waals surface area contributed by atoms with Crippen LogP contribution in [-0.4, -0.2) is 28.1 Å². The lowest BCUT2D eigenvalue weighted by Crippen LogP contribution is -2.11. The van der Waals surface area contributed by atoms with Crippen LogP contribution in [0.1, 0.15) is 22.8 Å². The summed E-state index contributed by atoms with van der Waals surface area (Å²) in [7, 11) is 0. The van der Waals surface area contributed by atoms with Crippen molar-refractivity contribution in [3.8, 4) is 0 Å². The Morgan fingerprint density at radius 2 is 2.05 bits per heavy atom. The molecule has 1 aromatic heterocycles. The van der Waals surface area contributed by atoms with Crippen molar-refractivity contribution < 1.29 is 4.79 Å². The van der Waals surface area contributed by atoms with E-state index < -0.39 is 0 Å². The van der Waals surface area contributed by atoms with Crippen LogP contribution in [0, 0.1) is 0 Å². The minimum Gasteiger partial charge on any atom is -0.296 e. The highest BCUT2D eigenvalue weighted by atomic mass is 32.2. The Kier molecular flexibility index (Phi) is 5.87. The van der Waals surface area contributed by atoms with Gasteiger partial charge in [0.25, 0.3) is 5.91 Å². The average molecular weight is 325 g/mol. The van der Waals surface area contributed by atoms with E-state index in [2.05, 4.69) is 28.7 Å². The van der Waals surface area contributed by atoms with Crippen LogP contribution in [0.4, 0.5) is 5.13 Å². The van der Waals surface area contributed by atoms with Gasteiger partial charge in [0.05, 0.1) is 0 Å². The van der Waals surface area contributed by atoms with E-state index in [-0.39, 0.29) is 5.91 Å². The molecule has 1 heterocycles. The zero-order valence-electron chi connectivity index (χ0n) is 11.3. The monoisotopic (exact) mass is 325 g/mol. The molecule has 0 spiro atoms. The number of anilines is 1. The minimum atomic E-state index is -0.148. The number of carbonyl (C=O) groups excluding carboxylic acids is 1. The van der Waals surface area contributed by atoms with E-state index in [4.69, 9.17) is 0 Å². The van der Waals surface area contributed by atoms with Gasteiger partial charge in [0.2, 0.25) is 5.13 Å². The molecule has 0 radical (unpaired) electrons. The molecule has 1 aromatic carbocycles. The summed E-state index contributed by atoms with van der Waals surface area (Å²) in [4.78, 5) is 12.1. The second-order valence-electron chi connectivity index (χ2n) is 3.89. The van der Waals surface area contributed by atoms with Crippen LogP contribution in [0.25, 0.3) is 0 Å². The molecule has 0 atom stereocenters. The van der Waals surface area contributed by atoms with Gasteiger partial charge in [-0.25, -0.2) is 0 Å². The Bertz CT molecular complexity index is 568. The molecule has 0 saturated carbocycles. The Labute approximate surface area is 130 Å². The van der Waals surface area contributed by atoms with Crippen molar-refractivity contribution >= 4 is 45.9 Å². The molecule has 0 saturated heterocycles. The lowest BCUT2D eigenvalue weighted by Gasteiger charge is -2.02. The molecule has 0 aliphatic rings. The fraction of sp³-hybridized carbons (Fsp3) is 0.308. The van der Waals surface area contributed by atoms with Gasteiger partial charge >= 0.3 is 0 Å². The molecule has 4 nitrogen and oxygen atoms in total. The molecule has 0 unspecified atom stereocenters. The summed E-state index contributed by atoms with van der Waals surface area (Å²) in [5.41, 5.74) is 1.85. The third kappa shape index (κ3) is 4.22. The average Bonchev–Trinajstić information content (AvgIpc) is 2.88. The normalized spacial score (nSPS) is 10.5. The van der Waals surface area contributed by atoms with Gasteiger partial charge < -0.3 is 0 Å². The summed E-state index contributed by atoms with van der Waals surface area (Å²) in [5, 5.41) is 11.3. The summed E-state index contributed by atoms with van der Waals surface area (Å²) in [6.07, 6.45) is 2.06. The maximum Gasteiger partial charge on any atom is 0.257 e. The first-order valence-electron chi connectivity index (χ1n) is 6.08. The van der Waals surface area contributed by atoms with Crippen LogP contribution in [0.15, 0.2) is 28.6 Å². The van der Waals surface area contributed by atoms with Crippen LogP contribution in [0.2, 0.25) is 0 Å². The van der Waals surface area contributed by atoms with Crippen LogP contribution in [-0.2, 0) is 5.75 Å². The van der Waals surface area contributed by atoms with Crippen LogP contribution < -0.4 is 5.32 Å². The highest BCUT2D eigenvalue weighted by Crippen LogP contribution is 2.25.